The molecule has 0 bridgehead atoms. The van der Waals surface area contributed by atoms with E-state index in [1.54, 1.807) is 18.2 Å². The van der Waals surface area contributed by atoms with Gasteiger partial charge in [0.25, 0.3) is 11.8 Å². The molecule has 2 amide bonds. The number of nitrogens with zero attached hydrogens (tertiary/aromatic N) is 1. The molecule has 2 N–H and O–H groups in total. The highest BCUT2D eigenvalue weighted by molar-refractivity contribution is 7.89. The van der Waals surface area contributed by atoms with Crippen LogP contribution in [0, 0.1) is 0 Å². The molecule has 26 heavy (non-hydrogen) atoms. The van der Waals surface area contributed by atoms with Crippen LogP contribution in [-0.4, -0.2) is 45.7 Å². The molecule has 0 aromatic heterocycles. The van der Waals surface area contributed by atoms with E-state index in [1.807, 2.05) is 0 Å². The number of anilines is 1. The van der Waals surface area contributed by atoms with Crippen LogP contribution in [0.1, 0.15) is 20.7 Å². The van der Waals surface area contributed by atoms with Crippen LogP contribution in [0.25, 0.3) is 0 Å². The first-order valence-corrected chi connectivity index (χ1v) is 9.34. The lowest BCUT2D eigenvalue weighted by molar-refractivity contribution is 0.0961. The summed E-state index contributed by atoms with van der Waals surface area (Å²) < 4.78 is 25.5. The van der Waals surface area contributed by atoms with Crippen LogP contribution in [0.2, 0.25) is 5.02 Å². The molecule has 0 radical (unpaired) electrons. The summed E-state index contributed by atoms with van der Waals surface area (Å²) in [7, 11) is 0.595. The maximum Gasteiger partial charge on any atom is 0.257 e. The Hall–Kier alpha value is -2.42. The highest BCUT2D eigenvalue weighted by Crippen LogP contribution is 2.23. The minimum atomic E-state index is -3.70. The van der Waals surface area contributed by atoms with Crippen LogP contribution in [0.4, 0.5) is 5.69 Å². The van der Waals surface area contributed by atoms with E-state index in [0.717, 1.165) is 4.31 Å². The molecule has 9 heteroatoms. The Labute approximate surface area is 157 Å². The molecule has 2 aromatic rings. The van der Waals surface area contributed by atoms with E-state index in [1.165, 1.54) is 45.4 Å². The molecule has 0 aliphatic carbocycles. The molecule has 138 valence electrons. The second-order valence-corrected chi connectivity index (χ2v) is 8.10. The van der Waals surface area contributed by atoms with Crippen LogP contribution in [-0.2, 0) is 10.0 Å². The number of halogens is 1. The number of carbonyl (C=O) groups is 2. The fraction of sp³-hybridized carbons (Fsp3) is 0.176. The zero-order chi connectivity index (χ0) is 19.5. The van der Waals surface area contributed by atoms with Crippen LogP contribution >= 0.6 is 11.6 Å². The lowest BCUT2D eigenvalue weighted by Crippen LogP contribution is -2.23. The Morgan fingerprint density at radius 3 is 2.35 bits per heavy atom. The van der Waals surface area contributed by atoms with Crippen molar-refractivity contribution in [2.24, 2.45) is 0 Å². The van der Waals surface area contributed by atoms with E-state index in [-0.39, 0.29) is 21.4 Å². The normalized spacial score (nSPS) is 11.3. The standard InChI is InChI=1S/C17H18ClN3O4S/c1-19-16(22)11-5-4-6-12(9-11)20-17(23)14-10-13(7-8-15(14)18)26(24,25)21(2)3/h4-10H,1-3H3,(H,19,22)(H,20,23). The van der Waals surface area contributed by atoms with Crippen LogP contribution in [0.5, 0.6) is 0 Å². The van der Waals surface area contributed by atoms with Gasteiger partial charge in [-0.1, -0.05) is 17.7 Å². The monoisotopic (exact) mass is 395 g/mol. The second kappa shape index (κ2) is 7.86. The van der Waals surface area contributed by atoms with E-state index in [0.29, 0.717) is 11.3 Å². The fourth-order valence-corrected chi connectivity index (χ4v) is 3.26. The van der Waals surface area contributed by atoms with Crippen molar-refractivity contribution in [3.63, 3.8) is 0 Å². The SMILES string of the molecule is CNC(=O)c1cccc(NC(=O)c2cc(S(=O)(=O)N(C)C)ccc2Cl)c1. The second-order valence-electron chi connectivity index (χ2n) is 5.54. The summed E-state index contributed by atoms with van der Waals surface area (Å²) in [6, 6.07) is 10.2. The van der Waals surface area contributed by atoms with Gasteiger partial charge in [0.05, 0.1) is 15.5 Å². The maximum absolute atomic E-state index is 12.5. The molecule has 0 spiro atoms. The Morgan fingerprint density at radius 1 is 1.04 bits per heavy atom. The third-order valence-corrected chi connectivity index (χ3v) is 5.71. The molecule has 0 saturated carbocycles. The quantitative estimate of drug-likeness (QED) is 0.811. The highest BCUT2D eigenvalue weighted by Gasteiger charge is 2.21. The number of amides is 2. The van der Waals surface area contributed by atoms with Crippen molar-refractivity contribution in [2.75, 3.05) is 26.5 Å². The molecule has 7 nitrogen and oxygen atoms in total. The topological polar surface area (TPSA) is 95.6 Å². The molecule has 0 aliphatic heterocycles. The lowest BCUT2D eigenvalue weighted by Gasteiger charge is -2.13. The van der Waals surface area contributed by atoms with Gasteiger partial charge in [-0.15, -0.1) is 0 Å². The number of hydrogen-bond donors (Lipinski definition) is 2. The zero-order valence-electron chi connectivity index (χ0n) is 14.4. The van der Waals surface area contributed by atoms with Crippen LogP contribution in [0.3, 0.4) is 0 Å². The fourth-order valence-electron chi connectivity index (χ4n) is 2.13. The molecule has 0 fully saturated rings. The molecule has 0 unspecified atom stereocenters. The van der Waals surface area contributed by atoms with Crippen LogP contribution in [0.15, 0.2) is 47.4 Å². The first-order valence-electron chi connectivity index (χ1n) is 7.52. The number of carbonyl (C=O) groups excluding carboxylic acids is 2. The van der Waals surface area contributed by atoms with E-state index in [4.69, 9.17) is 11.6 Å². The summed E-state index contributed by atoms with van der Waals surface area (Å²) in [5, 5.41) is 5.22. The number of nitrogens with one attached hydrogen (secondary N) is 2. The molecule has 0 saturated heterocycles. The van der Waals surface area contributed by atoms with Gasteiger partial charge in [-0.2, -0.15) is 0 Å². The lowest BCUT2D eigenvalue weighted by atomic mass is 10.1. The predicted molar refractivity (Wildman–Crippen MR) is 100 cm³/mol. The van der Waals surface area contributed by atoms with Gasteiger partial charge >= 0.3 is 0 Å². The molecular formula is C17H18ClN3O4S. The Morgan fingerprint density at radius 2 is 1.73 bits per heavy atom. The van der Waals surface area contributed by atoms with Crippen molar-refractivity contribution in [1.82, 2.24) is 9.62 Å². The average molecular weight is 396 g/mol. The van der Waals surface area contributed by atoms with Crippen molar-refractivity contribution in [3.8, 4) is 0 Å². The number of hydrogen-bond acceptors (Lipinski definition) is 4. The van der Waals surface area contributed by atoms with Gasteiger partial charge in [-0.3, -0.25) is 9.59 Å². The van der Waals surface area contributed by atoms with Gasteiger partial charge in [0.2, 0.25) is 10.0 Å². The summed E-state index contributed by atoms with van der Waals surface area (Å²) in [6.07, 6.45) is 0. The number of sulfonamides is 1. The van der Waals surface area contributed by atoms with E-state index in [9.17, 15) is 18.0 Å². The first kappa shape index (κ1) is 19.9. The van der Waals surface area contributed by atoms with Gasteiger partial charge in [-0.25, -0.2) is 12.7 Å². The first-order chi connectivity index (χ1) is 12.2. The van der Waals surface area contributed by atoms with E-state index in [2.05, 4.69) is 10.6 Å². The van der Waals surface area contributed by atoms with Crippen molar-refractivity contribution in [3.05, 3.63) is 58.6 Å². The van der Waals surface area contributed by atoms with Crippen LogP contribution < -0.4 is 10.6 Å². The highest BCUT2D eigenvalue weighted by atomic mass is 35.5. The minimum absolute atomic E-state index is 0.0138. The van der Waals surface area contributed by atoms with Crippen molar-refractivity contribution in [1.29, 1.82) is 0 Å². The Kier molecular flexibility index (Phi) is 6.01. The Balaban J connectivity index is 2.35. The summed E-state index contributed by atoms with van der Waals surface area (Å²) in [5.74, 6) is -0.877. The third kappa shape index (κ3) is 4.21. The molecule has 0 heterocycles. The third-order valence-electron chi connectivity index (χ3n) is 3.57. The average Bonchev–Trinajstić information content (AvgIpc) is 2.61. The molecule has 0 atom stereocenters. The number of benzene rings is 2. The van der Waals surface area contributed by atoms with Gasteiger partial charge < -0.3 is 10.6 Å². The summed E-state index contributed by atoms with van der Waals surface area (Å²) in [5.41, 5.74) is 0.772. The largest absolute Gasteiger partial charge is 0.355 e. The van der Waals surface area contributed by atoms with Crippen molar-refractivity contribution < 1.29 is 18.0 Å². The molecule has 2 rings (SSSR count). The molecular weight excluding hydrogens is 378 g/mol. The van der Waals surface area contributed by atoms with Crippen molar-refractivity contribution >= 4 is 39.1 Å². The summed E-state index contributed by atoms with van der Waals surface area (Å²) in [6.45, 7) is 0. The van der Waals surface area contributed by atoms with Gasteiger partial charge in [0.15, 0.2) is 0 Å². The van der Waals surface area contributed by atoms with Gasteiger partial charge in [0, 0.05) is 32.4 Å². The van der Waals surface area contributed by atoms with Gasteiger partial charge in [0.1, 0.15) is 0 Å². The van der Waals surface area contributed by atoms with Crippen molar-refractivity contribution in [2.45, 2.75) is 4.90 Å². The molecule has 0 aliphatic rings. The Bertz CT molecular complexity index is 958. The predicted octanol–water partition coefficient (Wildman–Crippen LogP) is 2.20. The van der Waals surface area contributed by atoms with E-state index >= 15 is 0 Å². The summed E-state index contributed by atoms with van der Waals surface area (Å²) >= 11 is 6.06. The van der Waals surface area contributed by atoms with E-state index < -0.39 is 15.9 Å². The molecule has 2 aromatic carbocycles. The smallest absolute Gasteiger partial charge is 0.257 e. The zero-order valence-corrected chi connectivity index (χ0v) is 16.0. The minimum Gasteiger partial charge on any atom is -0.355 e. The summed E-state index contributed by atoms with van der Waals surface area (Å²) in [4.78, 5) is 24.2. The maximum atomic E-state index is 12.5. The number of rotatable bonds is 5. The van der Waals surface area contributed by atoms with Gasteiger partial charge in [-0.05, 0) is 36.4 Å².